The zero-order valence-electron chi connectivity index (χ0n) is 39.9. The molecule has 74 heavy (non-hydrogen) atoms. The van der Waals surface area contributed by atoms with Crippen molar-refractivity contribution < 1.29 is 0 Å². The summed E-state index contributed by atoms with van der Waals surface area (Å²) in [6.45, 7) is 0. The summed E-state index contributed by atoms with van der Waals surface area (Å²) in [5.74, 6) is 1.92. The molecule has 344 valence electrons. The zero-order chi connectivity index (χ0) is 48.7. The molecule has 15 aromatic rings. The third-order valence-electron chi connectivity index (χ3n) is 14.8. The quantitative estimate of drug-likeness (QED) is 0.150. The van der Waals surface area contributed by atoms with Gasteiger partial charge in [0.25, 0.3) is 0 Å². The van der Waals surface area contributed by atoms with Gasteiger partial charge in [-0.3, -0.25) is 0 Å². The van der Waals surface area contributed by atoms with Crippen LogP contribution in [0.25, 0.3) is 148 Å². The number of rotatable bonds is 7. The Morgan fingerprint density at radius 3 is 1.30 bits per heavy atom. The Balaban J connectivity index is 0.777. The highest BCUT2D eigenvalue weighted by Gasteiger charge is 2.18. The van der Waals surface area contributed by atoms with Crippen molar-refractivity contribution in [3.8, 4) is 73.2 Å². The molecule has 0 amide bonds. The molecule has 0 saturated heterocycles. The van der Waals surface area contributed by atoms with E-state index in [1.807, 2.05) is 18.2 Å². The van der Waals surface area contributed by atoms with E-state index in [9.17, 15) is 0 Å². The highest BCUT2D eigenvalue weighted by molar-refractivity contribution is 7.25. The SMILES string of the molecule is c1ccc(-c2nc(-c3ccc4c(c3)sc3ccc(-c5cccc(-c6cccc(-c7ccc8c9ccccc9c9ccccc9c8c7)c6)c5)cc34)nc(-c3ccc4c(c3)c3ccccc3n4-c3ccccc3)n2)cc1. The molecule has 0 spiro atoms. The van der Waals surface area contributed by atoms with Gasteiger partial charge in [-0.25, -0.2) is 15.0 Å². The molecule has 0 atom stereocenters. The van der Waals surface area contributed by atoms with E-state index in [2.05, 4.69) is 241 Å². The van der Waals surface area contributed by atoms with E-state index < -0.39 is 0 Å². The molecular formula is C69H42N4S. The van der Waals surface area contributed by atoms with Gasteiger partial charge in [-0.2, -0.15) is 0 Å². The Hall–Kier alpha value is -9.55. The Morgan fingerprint density at radius 2 is 0.649 bits per heavy atom. The molecule has 0 aliphatic carbocycles. The largest absolute Gasteiger partial charge is 0.309 e. The minimum Gasteiger partial charge on any atom is -0.309 e. The summed E-state index contributed by atoms with van der Waals surface area (Å²) in [7, 11) is 0. The van der Waals surface area contributed by atoms with Crippen molar-refractivity contribution in [3.05, 3.63) is 255 Å². The molecule has 0 aliphatic rings. The van der Waals surface area contributed by atoms with Gasteiger partial charge in [-0.1, -0.05) is 182 Å². The topological polar surface area (TPSA) is 43.6 Å². The second kappa shape index (κ2) is 17.1. The molecule has 5 heteroatoms. The monoisotopic (exact) mass is 958 g/mol. The predicted octanol–water partition coefficient (Wildman–Crippen LogP) is 18.8. The van der Waals surface area contributed by atoms with Gasteiger partial charge in [0.05, 0.1) is 11.0 Å². The van der Waals surface area contributed by atoms with E-state index >= 15 is 0 Å². The van der Waals surface area contributed by atoms with Gasteiger partial charge in [-0.05, 0) is 138 Å². The Bertz CT molecular complexity index is 4690. The number of thiophene rings is 1. The molecule has 15 rings (SSSR count). The first-order valence-electron chi connectivity index (χ1n) is 25.1. The predicted molar refractivity (Wildman–Crippen MR) is 312 cm³/mol. The maximum atomic E-state index is 5.23. The van der Waals surface area contributed by atoms with Crippen LogP contribution in [0.3, 0.4) is 0 Å². The standard InChI is InChI=1S/C69H42N4S/c1-3-15-43(16-4-1)67-70-68(50-31-35-64-61(41-50)58-27-11-12-28-63(58)73(64)52-21-5-2-6-22-52)72-69(71-67)51-30-34-59-62-40-49(32-36-65(62)74-66(59)42-51)47-20-14-18-45(38-47)44-17-13-19-46(37-44)48-29-33-57-55-25-8-7-23-53(55)54-24-9-10-26-56(54)60(57)39-48/h1-42H. The lowest BCUT2D eigenvalue weighted by molar-refractivity contribution is 1.07. The first-order chi connectivity index (χ1) is 36.6. The smallest absolute Gasteiger partial charge is 0.164 e. The lowest BCUT2D eigenvalue weighted by atomic mass is 9.91. The molecule has 0 saturated carbocycles. The maximum absolute atomic E-state index is 5.23. The van der Waals surface area contributed by atoms with Gasteiger partial charge in [0.15, 0.2) is 17.5 Å². The molecule has 0 radical (unpaired) electrons. The van der Waals surface area contributed by atoms with Crippen LogP contribution in [0.15, 0.2) is 255 Å². The summed E-state index contributed by atoms with van der Waals surface area (Å²) in [6.07, 6.45) is 0. The summed E-state index contributed by atoms with van der Waals surface area (Å²) in [5, 5.41) is 12.5. The Labute approximate surface area is 430 Å². The van der Waals surface area contributed by atoms with Gasteiger partial charge in [-0.15, -0.1) is 11.3 Å². The summed E-state index contributed by atoms with van der Waals surface area (Å²) < 4.78 is 4.76. The third kappa shape index (κ3) is 7.01. The van der Waals surface area contributed by atoms with E-state index in [0.717, 1.165) is 38.8 Å². The molecular weight excluding hydrogens is 917 g/mol. The van der Waals surface area contributed by atoms with Gasteiger partial charge in [0, 0.05) is 53.3 Å². The second-order valence-corrected chi connectivity index (χ2v) is 20.2. The molecule has 12 aromatic carbocycles. The first-order valence-corrected chi connectivity index (χ1v) is 25.9. The second-order valence-electron chi connectivity index (χ2n) is 19.1. The number of para-hydroxylation sites is 2. The number of fused-ring (bicyclic) bond motifs is 12. The summed E-state index contributed by atoms with van der Waals surface area (Å²) >= 11 is 1.81. The summed E-state index contributed by atoms with van der Waals surface area (Å²) in [6, 6.07) is 91.9. The lowest BCUT2D eigenvalue weighted by Gasteiger charge is -2.13. The van der Waals surface area contributed by atoms with Crippen LogP contribution in [0, 0.1) is 0 Å². The Kier molecular flexibility index (Phi) is 9.72. The van der Waals surface area contributed by atoms with Crippen LogP contribution in [0.5, 0.6) is 0 Å². The first kappa shape index (κ1) is 42.2. The number of hydrogen-bond acceptors (Lipinski definition) is 4. The fraction of sp³-hybridized carbons (Fsp3) is 0. The summed E-state index contributed by atoms with van der Waals surface area (Å²) in [5.41, 5.74) is 13.4. The highest BCUT2D eigenvalue weighted by atomic mass is 32.1. The molecule has 0 unspecified atom stereocenters. The molecule has 0 aliphatic heterocycles. The Morgan fingerprint density at radius 1 is 0.230 bits per heavy atom. The van der Waals surface area contributed by atoms with Crippen LogP contribution in [0.1, 0.15) is 0 Å². The van der Waals surface area contributed by atoms with E-state index in [0.29, 0.717) is 17.5 Å². The fourth-order valence-electron chi connectivity index (χ4n) is 11.3. The van der Waals surface area contributed by atoms with Gasteiger partial charge < -0.3 is 4.57 Å². The maximum Gasteiger partial charge on any atom is 0.164 e. The van der Waals surface area contributed by atoms with E-state index in [4.69, 9.17) is 15.0 Å². The van der Waals surface area contributed by atoms with Crippen LogP contribution in [-0.4, -0.2) is 19.5 Å². The zero-order valence-corrected chi connectivity index (χ0v) is 40.8. The van der Waals surface area contributed by atoms with Crippen molar-refractivity contribution in [1.82, 2.24) is 19.5 Å². The molecule has 0 bridgehead atoms. The molecule has 3 aromatic heterocycles. The van der Waals surface area contributed by atoms with Crippen molar-refractivity contribution in [3.63, 3.8) is 0 Å². The molecule has 3 heterocycles. The minimum absolute atomic E-state index is 0.638. The minimum atomic E-state index is 0.638. The van der Waals surface area contributed by atoms with Crippen molar-refractivity contribution >= 4 is 85.6 Å². The van der Waals surface area contributed by atoms with Crippen molar-refractivity contribution in [2.45, 2.75) is 0 Å². The number of hydrogen-bond donors (Lipinski definition) is 0. The van der Waals surface area contributed by atoms with Crippen molar-refractivity contribution in [2.75, 3.05) is 0 Å². The molecule has 4 nitrogen and oxygen atoms in total. The van der Waals surface area contributed by atoms with E-state index in [1.54, 1.807) is 11.3 Å². The van der Waals surface area contributed by atoms with Crippen molar-refractivity contribution in [1.29, 1.82) is 0 Å². The summed E-state index contributed by atoms with van der Waals surface area (Å²) in [4.78, 5) is 15.5. The van der Waals surface area contributed by atoms with Crippen LogP contribution >= 0.6 is 11.3 Å². The lowest BCUT2D eigenvalue weighted by Crippen LogP contribution is -2.00. The number of benzene rings is 12. The third-order valence-corrected chi connectivity index (χ3v) is 15.9. The number of aromatic nitrogens is 4. The average Bonchev–Trinajstić information content (AvgIpc) is 4.03. The van der Waals surface area contributed by atoms with Crippen LogP contribution < -0.4 is 0 Å². The van der Waals surface area contributed by atoms with E-state index in [1.165, 1.54) is 91.3 Å². The fourth-order valence-corrected chi connectivity index (χ4v) is 12.4. The molecule has 0 fully saturated rings. The van der Waals surface area contributed by atoms with E-state index in [-0.39, 0.29) is 0 Å². The average molecular weight is 959 g/mol. The van der Waals surface area contributed by atoms with Gasteiger partial charge in [0.1, 0.15) is 0 Å². The molecule has 0 N–H and O–H groups in total. The number of nitrogens with zero attached hydrogens (tertiary/aromatic N) is 4. The van der Waals surface area contributed by atoms with Crippen molar-refractivity contribution in [2.24, 2.45) is 0 Å². The van der Waals surface area contributed by atoms with Crippen LogP contribution in [-0.2, 0) is 0 Å². The normalized spacial score (nSPS) is 11.8. The highest BCUT2D eigenvalue weighted by Crippen LogP contribution is 2.42. The van der Waals surface area contributed by atoms with Crippen LogP contribution in [0.4, 0.5) is 0 Å². The van der Waals surface area contributed by atoms with Crippen LogP contribution in [0.2, 0.25) is 0 Å². The van der Waals surface area contributed by atoms with Gasteiger partial charge >= 0.3 is 0 Å². The van der Waals surface area contributed by atoms with Gasteiger partial charge in [0.2, 0.25) is 0 Å².